The second-order valence-corrected chi connectivity index (χ2v) is 3.10. The monoisotopic (exact) mass is 310 g/mol. The first kappa shape index (κ1) is 9.18. The summed E-state index contributed by atoms with van der Waals surface area (Å²) in [7, 11) is 0. The van der Waals surface area contributed by atoms with Crippen molar-refractivity contribution in [2.75, 3.05) is 3.57 Å². The number of hydrogen-bond acceptors (Lipinski definition) is 6. The average molecular weight is 308 g/mol. The van der Waals surface area contributed by atoms with Crippen molar-refractivity contribution in [3.63, 3.8) is 0 Å². The van der Waals surface area contributed by atoms with Crippen LogP contribution >= 0.6 is 0 Å². The van der Waals surface area contributed by atoms with Gasteiger partial charge in [0.1, 0.15) is 0 Å². The number of hydrogen-bond donors (Lipinski definition) is 1. The van der Waals surface area contributed by atoms with E-state index in [2.05, 4.69) is 18.5 Å². The summed E-state index contributed by atoms with van der Waals surface area (Å²) in [6.07, 6.45) is 0. The SMILES string of the molecule is O=[N+]([O-])c1ccc(N[TeH])c2nonc12. The topological polar surface area (TPSA) is 94.1 Å². The summed E-state index contributed by atoms with van der Waals surface area (Å²) in [6, 6.07) is 2.94. The van der Waals surface area contributed by atoms with Crippen LogP contribution in [0.5, 0.6) is 0 Å². The van der Waals surface area contributed by atoms with Crippen molar-refractivity contribution in [1.29, 1.82) is 0 Å². The fourth-order valence-electron chi connectivity index (χ4n) is 1.09. The number of nitro benzene ring substituents is 1. The Morgan fingerprint density at radius 3 is 2.79 bits per heavy atom. The summed E-state index contributed by atoms with van der Waals surface area (Å²) in [6.45, 7) is 0. The van der Waals surface area contributed by atoms with Gasteiger partial charge in [-0.15, -0.1) is 0 Å². The van der Waals surface area contributed by atoms with Gasteiger partial charge in [0.2, 0.25) is 0 Å². The Kier molecular flexibility index (Phi) is 2.23. The van der Waals surface area contributed by atoms with E-state index >= 15 is 0 Å². The van der Waals surface area contributed by atoms with Crippen molar-refractivity contribution in [2.24, 2.45) is 0 Å². The second kappa shape index (κ2) is 3.40. The van der Waals surface area contributed by atoms with Crippen molar-refractivity contribution in [1.82, 2.24) is 10.3 Å². The third kappa shape index (κ3) is 1.29. The number of nitrogens with one attached hydrogen (secondary N) is 1. The number of rotatable bonds is 2. The van der Waals surface area contributed by atoms with Crippen LogP contribution in [0.3, 0.4) is 0 Å². The summed E-state index contributed by atoms with van der Waals surface area (Å²) >= 11 is 1.34. The Balaban J connectivity index is 2.78. The first-order chi connectivity index (χ1) is 6.74. The Morgan fingerprint density at radius 2 is 2.14 bits per heavy atom. The van der Waals surface area contributed by atoms with Crippen LogP contribution in [0, 0.1) is 10.1 Å². The quantitative estimate of drug-likeness (QED) is 0.489. The summed E-state index contributed by atoms with van der Waals surface area (Å²) < 4.78 is 7.35. The van der Waals surface area contributed by atoms with Gasteiger partial charge in [-0.3, -0.25) is 0 Å². The molecule has 0 atom stereocenters. The Hall–Kier alpha value is -1.39. The van der Waals surface area contributed by atoms with E-state index in [1.165, 1.54) is 28.6 Å². The fraction of sp³-hybridized carbons (Fsp3) is 0. The van der Waals surface area contributed by atoms with Gasteiger partial charge in [0.05, 0.1) is 0 Å². The van der Waals surface area contributed by atoms with Crippen molar-refractivity contribution in [2.45, 2.75) is 0 Å². The standard InChI is InChI=1S/C6H4N4O3Te/c11-10(12)4-2-1-3(9-14)5-6(4)8-13-7-5/h1-2,9,14H. The van der Waals surface area contributed by atoms with Gasteiger partial charge in [-0.2, -0.15) is 0 Å². The van der Waals surface area contributed by atoms with E-state index in [0.717, 1.165) is 0 Å². The van der Waals surface area contributed by atoms with Crippen LogP contribution in [-0.4, -0.2) is 37.8 Å². The molecule has 0 bridgehead atoms. The molecule has 1 aromatic carbocycles. The maximum absolute atomic E-state index is 10.6. The van der Waals surface area contributed by atoms with Crippen molar-refractivity contribution in [3.05, 3.63) is 22.2 Å². The third-order valence-corrected chi connectivity index (χ3v) is 2.40. The number of fused-ring (bicyclic) bond motifs is 1. The molecule has 0 amide bonds. The molecule has 72 valence electrons. The zero-order valence-electron chi connectivity index (χ0n) is 6.67. The van der Waals surface area contributed by atoms with Crippen LogP contribution in [0.2, 0.25) is 0 Å². The molecule has 0 saturated carbocycles. The van der Waals surface area contributed by atoms with E-state index in [1.54, 1.807) is 6.07 Å². The van der Waals surface area contributed by atoms with Crippen LogP contribution in [0.15, 0.2) is 16.8 Å². The van der Waals surface area contributed by atoms with Gasteiger partial charge in [0, 0.05) is 0 Å². The Morgan fingerprint density at radius 1 is 1.43 bits per heavy atom. The predicted octanol–water partition coefficient (Wildman–Crippen LogP) is 0.359. The number of benzene rings is 1. The fourth-order valence-corrected chi connectivity index (χ4v) is 1.61. The first-order valence-electron chi connectivity index (χ1n) is 3.54. The maximum atomic E-state index is 10.6. The van der Waals surface area contributed by atoms with Gasteiger partial charge in [0.15, 0.2) is 0 Å². The summed E-state index contributed by atoms with van der Waals surface area (Å²) in [5, 5.41) is 17.7. The zero-order chi connectivity index (χ0) is 10.1. The van der Waals surface area contributed by atoms with E-state index in [-0.39, 0.29) is 11.2 Å². The molecule has 0 aliphatic rings. The van der Waals surface area contributed by atoms with Gasteiger partial charge < -0.3 is 0 Å². The van der Waals surface area contributed by atoms with Gasteiger partial charge in [-0.25, -0.2) is 0 Å². The number of nitrogens with zero attached hydrogens (tertiary/aromatic N) is 3. The van der Waals surface area contributed by atoms with Crippen LogP contribution in [0.1, 0.15) is 0 Å². The molecule has 2 rings (SSSR count). The molecule has 0 radical (unpaired) electrons. The minimum atomic E-state index is -0.518. The number of aromatic nitrogens is 2. The van der Waals surface area contributed by atoms with E-state index in [1.807, 2.05) is 0 Å². The molecular formula is C6H4N4O3Te. The van der Waals surface area contributed by atoms with Gasteiger partial charge in [0.25, 0.3) is 0 Å². The average Bonchev–Trinajstić information content (AvgIpc) is 2.64. The normalized spacial score (nSPS) is 10.4. The molecule has 1 N–H and O–H groups in total. The first-order valence-corrected chi connectivity index (χ1v) is 4.81. The summed E-state index contributed by atoms with van der Waals surface area (Å²) in [5.41, 5.74) is 1.10. The summed E-state index contributed by atoms with van der Waals surface area (Å²) in [4.78, 5) is 10.1. The molecule has 1 heterocycles. The van der Waals surface area contributed by atoms with Gasteiger partial charge in [-0.05, 0) is 0 Å². The molecule has 2 aromatic rings. The van der Waals surface area contributed by atoms with Gasteiger partial charge >= 0.3 is 90.7 Å². The minimum absolute atomic E-state index is 0.105. The van der Waals surface area contributed by atoms with Crippen molar-refractivity contribution < 1.29 is 9.55 Å². The molecule has 0 unspecified atom stereocenters. The van der Waals surface area contributed by atoms with Crippen molar-refractivity contribution >= 4 is 45.0 Å². The zero-order valence-corrected chi connectivity index (χ0v) is 9.22. The molecule has 1 aromatic heterocycles. The van der Waals surface area contributed by atoms with Crippen LogP contribution in [0.4, 0.5) is 11.4 Å². The molecule has 7 nitrogen and oxygen atoms in total. The second-order valence-electron chi connectivity index (χ2n) is 2.46. The molecule has 0 saturated heterocycles. The molecule has 8 heteroatoms. The van der Waals surface area contributed by atoms with Crippen molar-refractivity contribution in [3.8, 4) is 0 Å². The van der Waals surface area contributed by atoms with E-state index in [9.17, 15) is 10.1 Å². The van der Waals surface area contributed by atoms with E-state index in [0.29, 0.717) is 11.2 Å². The Bertz CT molecular complexity index is 497. The molecule has 0 fully saturated rings. The molecule has 0 spiro atoms. The Labute approximate surface area is 90.8 Å². The molecular weight excluding hydrogens is 304 g/mol. The summed E-state index contributed by atoms with van der Waals surface area (Å²) in [5.74, 6) is 0. The number of non-ortho nitro benzene ring substituents is 1. The predicted molar refractivity (Wildman–Crippen MR) is 49.2 cm³/mol. The third-order valence-electron chi connectivity index (χ3n) is 1.71. The van der Waals surface area contributed by atoms with Crippen LogP contribution in [0.25, 0.3) is 11.0 Å². The number of nitro groups is 1. The van der Waals surface area contributed by atoms with Crippen LogP contribution < -0.4 is 3.57 Å². The molecule has 0 aliphatic carbocycles. The molecule has 14 heavy (non-hydrogen) atoms. The van der Waals surface area contributed by atoms with Gasteiger partial charge in [-0.1, -0.05) is 0 Å². The number of anilines is 1. The van der Waals surface area contributed by atoms with E-state index < -0.39 is 4.92 Å². The van der Waals surface area contributed by atoms with Crippen LogP contribution in [-0.2, 0) is 0 Å². The van der Waals surface area contributed by atoms with E-state index in [4.69, 9.17) is 0 Å². The molecule has 0 aliphatic heterocycles.